The summed E-state index contributed by atoms with van der Waals surface area (Å²) in [4.78, 5) is 4.49. The number of aryl methyl sites for hydroxylation is 1. The van der Waals surface area contributed by atoms with Gasteiger partial charge in [0, 0.05) is 42.4 Å². The van der Waals surface area contributed by atoms with Crippen molar-refractivity contribution < 1.29 is 4.42 Å². The van der Waals surface area contributed by atoms with Crippen LogP contribution in [-0.2, 0) is 13.0 Å². The van der Waals surface area contributed by atoms with E-state index in [0.717, 1.165) is 30.9 Å². The maximum atomic E-state index is 5.68. The van der Waals surface area contributed by atoms with Crippen LogP contribution < -0.4 is 5.32 Å². The summed E-state index contributed by atoms with van der Waals surface area (Å²) in [6.45, 7) is 6.12. The van der Waals surface area contributed by atoms with Crippen LogP contribution in [0.15, 0.2) is 47.3 Å². The number of para-hydroxylation sites is 1. The zero-order valence-electron chi connectivity index (χ0n) is 12.5. The summed E-state index contributed by atoms with van der Waals surface area (Å²) >= 11 is 0. The average Bonchev–Trinajstić information content (AvgIpc) is 3.12. The van der Waals surface area contributed by atoms with E-state index >= 15 is 0 Å². The summed E-state index contributed by atoms with van der Waals surface area (Å²) in [5.41, 5.74) is 2.15. The highest BCUT2D eigenvalue weighted by molar-refractivity contribution is 5.81. The Labute approximate surface area is 124 Å². The number of likely N-dealkylation sites (N-methyl/N-ethyl adjacent to an activating group) is 1. The number of hydrogen-bond donors (Lipinski definition) is 1. The van der Waals surface area contributed by atoms with Crippen LogP contribution in [0.4, 0.5) is 0 Å². The molecule has 0 saturated carbocycles. The van der Waals surface area contributed by atoms with Gasteiger partial charge in [-0.1, -0.05) is 25.1 Å². The molecule has 0 aliphatic carbocycles. The first-order chi connectivity index (χ1) is 10.3. The highest BCUT2D eigenvalue weighted by atomic mass is 16.3. The lowest BCUT2D eigenvalue weighted by molar-refractivity contribution is 0.513. The van der Waals surface area contributed by atoms with Gasteiger partial charge in [0.05, 0.1) is 6.26 Å². The molecule has 0 amide bonds. The molecule has 3 rings (SSSR count). The highest BCUT2D eigenvalue weighted by Gasteiger charge is 2.18. The first-order valence-electron chi connectivity index (χ1n) is 7.53. The summed E-state index contributed by atoms with van der Waals surface area (Å²) in [5.74, 6) is 1.11. The molecule has 0 aliphatic heterocycles. The highest BCUT2D eigenvalue weighted by Crippen LogP contribution is 2.28. The minimum atomic E-state index is 0.214. The molecule has 21 heavy (non-hydrogen) atoms. The van der Waals surface area contributed by atoms with E-state index in [1.165, 1.54) is 10.9 Å². The quantitative estimate of drug-likeness (QED) is 0.752. The van der Waals surface area contributed by atoms with Gasteiger partial charge < -0.3 is 14.3 Å². The molecule has 0 aliphatic rings. The van der Waals surface area contributed by atoms with Crippen molar-refractivity contribution in [3.8, 4) is 0 Å². The van der Waals surface area contributed by atoms with Crippen LogP contribution in [0, 0.1) is 0 Å². The van der Waals surface area contributed by atoms with Crippen LogP contribution in [0.5, 0.6) is 0 Å². The Morgan fingerprint density at radius 2 is 2.14 bits per heavy atom. The summed E-state index contributed by atoms with van der Waals surface area (Å²) in [5, 5.41) is 4.73. The number of fused-ring (bicyclic) bond motifs is 1. The maximum Gasteiger partial charge on any atom is 0.134 e. The van der Waals surface area contributed by atoms with Crippen LogP contribution in [0.3, 0.4) is 0 Å². The second-order valence-corrected chi connectivity index (χ2v) is 5.13. The predicted molar refractivity (Wildman–Crippen MR) is 84.2 cm³/mol. The fourth-order valence-electron chi connectivity index (χ4n) is 2.81. The van der Waals surface area contributed by atoms with Crippen LogP contribution in [0.25, 0.3) is 11.0 Å². The Morgan fingerprint density at radius 3 is 2.95 bits per heavy atom. The number of benzene rings is 1. The Balaban J connectivity index is 1.94. The zero-order chi connectivity index (χ0) is 14.7. The molecule has 4 heteroatoms. The van der Waals surface area contributed by atoms with Gasteiger partial charge in [0.15, 0.2) is 0 Å². The second kappa shape index (κ2) is 6.14. The van der Waals surface area contributed by atoms with Crippen LogP contribution >= 0.6 is 0 Å². The first kappa shape index (κ1) is 13.9. The molecular formula is C17H21N3O. The number of nitrogens with one attached hydrogen (secondary N) is 1. The summed E-state index contributed by atoms with van der Waals surface area (Å²) < 4.78 is 7.87. The number of nitrogens with zero attached hydrogens (tertiary/aromatic N) is 2. The van der Waals surface area contributed by atoms with E-state index in [-0.39, 0.29) is 6.04 Å². The van der Waals surface area contributed by atoms with Gasteiger partial charge >= 0.3 is 0 Å². The van der Waals surface area contributed by atoms with Crippen molar-refractivity contribution in [3.05, 3.63) is 54.3 Å². The molecule has 1 unspecified atom stereocenters. The van der Waals surface area contributed by atoms with Crippen molar-refractivity contribution in [3.63, 3.8) is 0 Å². The molecule has 110 valence electrons. The van der Waals surface area contributed by atoms with Crippen molar-refractivity contribution in [2.45, 2.75) is 32.9 Å². The normalized spacial score (nSPS) is 12.9. The number of rotatable bonds is 6. The fourth-order valence-corrected chi connectivity index (χ4v) is 2.81. The molecule has 0 bridgehead atoms. The van der Waals surface area contributed by atoms with Crippen molar-refractivity contribution >= 4 is 11.0 Å². The van der Waals surface area contributed by atoms with Crippen molar-refractivity contribution in [1.82, 2.24) is 14.9 Å². The Bertz CT molecular complexity index is 713. The molecule has 2 heterocycles. The van der Waals surface area contributed by atoms with Gasteiger partial charge in [-0.2, -0.15) is 0 Å². The van der Waals surface area contributed by atoms with Crippen LogP contribution in [0.2, 0.25) is 0 Å². The molecule has 4 nitrogen and oxygen atoms in total. The minimum Gasteiger partial charge on any atom is -0.464 e. The zero-order valence-corrected chi connectivity index (χ0v) is 12.5. The SMILES string of the molecule is CCNC(Cc1nccn1CC)c1coc2ccccc12. The van der Waals surface area contributed by atoms with E-state index < -0.39 is 0 Å². The monoisotopic (exact) mass is 283 g/mol. The number of imidazole rings is 1. The van der Waals surface area contributed by atoms with Gasteiger partial charge in [0.25, 0.3) is 0 Å². The lowest BCUT2D eigenvalue weighted by atomic mass is 10.0. The smallest absolute Gasteiger partial charge is 0.134 e. The van der Waals surface area contributed by atoms with Crippen LogP contribution in [0.1, 0.15) is 31.3 Å². The van der Waals surface area contributed by atoms with Crippen LogP contribution in [-0.4, -0.2) is 16.1 Å². The van der Waals surface area contributed by atoms with Gasteiger partial charge in [0.2, 0.25) is 0 Å². The predicted octanol–water partition coefficient (Wildman–Crippen LogP) is 3.54. The summed E-state index contributed by atoms with van der Waals surface area (Å²) in [6, 6.07) is 8.39. The van der Waals surface area contributed by atoms with Gasteiger partial charge in [-0.05, 0) is 19.5 Å². The molecule has 1 atom stereocenters. The Hall–Kier alpha value is -2.07. The second-order valence-electron chi connectivity index (χ2n) is 5.13. The largest absolute Gasteiger partial charge is 0.464 e. The Morgan fingerprint density at radius 1 is 1.29 bits per heavy atom. The number of furan rings is 1. The van der Waals surface area contributed by atoms with Gasteiger partial charge in [-0.25, -0.2) is 4.98 Å². The molecule has 1 aromatic carbocycles. The molecule has 2 aromatic heterocycles. The van der Waals surface area contributed by atoms with Crippen molar-refractivity contribution in [1.29, 1.82) is 0 Å². The van der Waals surface area contributed by atoms with Crippen molar-refractivity contribution in [2.24, 2.45) is 0 Å². The maximum absolute atomic E-state index is 5.68. The lowest BCUT2D eigenvalue weighted by Crippen LogP contribution is -2.24. The fraction of sp³-hybridized carbons (Fsp3) is 0.353. The average molecular weight is 283 g/mol. The molecule has 0 spiro atoms. The molecule has 3 aromatic rings. The van der Waals surface area contributed by atoms with Gasteiger partial charge in [-0.15, -0.1) is 0 Å². The number of hydrogen-bond acceptors (Lipinski definition) is 3. The minimum absolute atomic E-state index is 0.214. The molecule has 0 saturated heterocycles. The standard InChI is InChI=1S/C17H21N3O/c1-3-18-15(11-17-19-9-10-20(17)4-2)14-12-21-16-8-6-5-7-13(14)16/h5-10,12,15,18H,3-4,11H2,1-2H3. The van der Waals surface area contributed by atoms with E-state index in [9.17, 15) is 0 Å². The van der Waals surface area contributed by atoms with E-state index in [4.69, 9.17) is 4.42 Å². The van der Waals surface area contributed by atoms with E-state index in [0.29, 0.717) is 0 Å². The molecular weight excluding hydrogens is 262 g/mol. The summed E-state index contributed by atoms with van der Waals surface area (Å²) in [6.07, 6.45) is 6.64. The topological polar surface area (TPSA) is 43.0 Å². The molecule has 0 radical (unpaired) electrons. The summed E-state index contributed by atoms with van der Waals surface area (Å²) in [7, 11) is 0. The van der Waals surface area contributed by atoms with E-state index in [1.54, 1.807) is 0 Å². The molecule has 1 N–H and O–H groups in total. The van der Waals surface area contributed by atoms with E-state index in [1.807, 2.05) is 30.8 Å². The lowest BCUT2D eigenvalue weighted by Gasteiger charge is -2.17. The third-order valence-electron chi connectivity index (χ3n) is 3.87. The third kappa shape index (κ3) is 2.72. The van der Waals surface area contributed by atoms with Gasteiger partial charge in [0.1, 0.15) is 11.4 Å². The number of aromatic nitrogens is 2. The van der Waals surface area contributed by atoms with Gasteiger partial charge in [-0.3, -0.25) is 0 Å². The third-order valence-corrected chi connectivity index (χ3v) is 3.87. The van der Waals surface area contributed by atoms with Crippen molar-refractivity contribution in [2.75, 3.05) is 6.54 Å². The van der Waals surface area contributed by atoms with E-state index in [2.05, 4.69) is 40.8 Å². The Kier molecular flexibility index (Phi) is 4.06. The molecule has 0 fully saturated rings. The first-order valence-corrected chi connectivity index (χ1v) is 7.53.